The molecule has 2 aromatic rings. The van der Waals surface area contributed by atoms with Gasteiger partial charge in [0, 0.05) is 16.0 Å². The van der Waals surface area contributed by atoms with Crippen molar-refractivity contribution in [2.45, 2.75) is 6.42 Å². The van der Waals surface area contributed by atoms with Crippen LogP contribution in [0.3, 0.4) is 0 Å². The zero-order valence-electron chi connectivity index (χ0n) is 9.03. The van der Waals surface area contributed by atoms with E-state index < -0.39 is 11.6 Å². The van der Waals surface area contributed by atoms with E-state index in [0.717, 1.165) is 0 Å². The number of ether oxygens (including phenoxy) is 1. The number of hydrogen-bond acceptors (Lipinski definition) is 4. The summed E-state index contributed by atoms with van der Waals surface area (Å²) in [6.45, 7) is 0. The van der Waals surface area contributed by atoms with Crippen molar-refractivity contribution in [1.29, 1.82) is 0 Å². The Morgan fingerprint density at radius 1 is 1.41 bits per heavy atom. The molecule has 0 fully saturated rings. The number of fused-ring (bicyclic) bond motifs is 1. The number of esters is 1. The fourth-order valence-corrected chi connectivity index (χ4v) is 1.67. The van der Waals surface area contributed by atoms with Gasteiger partial charge in [-0.1, -0.05) is 11.6 Å². The van der Waals surface area contributed by atoms with Crippen molar-refractivity contribution in [3.05, 3.63) is 45.3 Å². The molecule has 0 spiro atoms. The fraction of sp³-hybridized carbons (Fsp3) is 0.167. The summed E-state index contributed by atoms with van der Waals surface area (Å²) in [5.74, 6) is -0.487. The normalized spacial score (nSPS) is 10.5. The van der Waals surface area contributed by atoms with Gasteiger partial charge in [0.05, 0.1) is 13.5 Å². The van der Waals surface area contributed by atoms with E-state index >= 15 is 0 Å². The van der Waals surface area contributed by atoms with Crippen LogP contribution >= 0.6 is 11.6 Å². The molecule has 0 saturated heterocycles. The minimum atomic E-state index is -0.537. The van der Waals surface area contributed by atoms with Gasteiger partial charge in [-0.05, 0) is 24.3 Å². The first-order valence-electron chi connectivity index (χ1n) is 4.89. The number of halogens is 1. The number of carbonyl (C=O) groups excluding carboxylic acids is 1. The van der Waals surface area contributed by atoms with E-state index in [9.17, 15) is 9.59 Å². The molecule has 1 aromatic heterocycles. The SMILES string of the molecule is COC(=O)Cc1cc2cc(Cl)ccc2oc1=O. The van der Waals surface area contributed by atoms with Gasteiger partial charge in [0.2, 0.25) is 0 Å². The van der Waals surface area contributed by atoms with Crippen LogP contribution in [0.2, 0.25) is 5.02 Å². The van der Waals surface area contributed by atoms with Gasteiger partial charge in [-0.25, -0.2) is 4.79 Å². The van der Waals surface area contributed by atoms with Crippen molar-refractivity contribution < 1.29 is 13.9 Å². The van der Waals surface area contributed by atoms with Crippen molar-refractivity contribution in [3.63, 3.8) is 0 Å². The van der Waals surface area contributed by atoms with Gasteiger partial charge in [-0.2, -0.15) is 0 Å². The maximum absolute atomic E-state index is 11.6. The van der Waals surface area contributed by atoms with Crippen molar-refractivity contribution in [3.8, 4) is 0 Å². The molecule has 5 heteroatoms. The number of methoxy groups -OCH3 is 1. The van der Waals surface area contributed by atoms with E-state index in [2.05, 4.69) is 4.74 Å². The smallest absolute Gasteiger partial charge is 0.340 e. The lowest BCUT2D eigenvalue weighted by Crippen LogP contribution is -2.13. The van der Waals surface area contributed by atoms with Crippen LogP contribution < -0.4 is 5.63 Å². The van der Waals surface area contributed by atoms with Gasteiger partial charge >= 0.3 is 11.6 Å². The highest BCUT2D eigenvalue weighted by atomic mass is 35.5. The largest absolute Gasteiger partial charge is 0.469 e. The Balaban J connectivity index is 2.53. The first-order valence-corrected chi connectivity index (χ1v) is 5.27. The quantitative estimate of drug-likeness (QED) is 0.607. The third-order valence-electron chi connectivity index (χ3n) is 2.33. The summed E-state index contributed by atoms with van der Waals surface area (Å²) in [5, 5.41) is 1.21. The first-order chi connectivity index (χ1) is 8.10. The Morgan fingerprint density at radius 3 is 2.88 bits per heavy atom. The summed E-state index contributed by atoms with van der Waals surface area (Å²) >= 11 is 5.83. The summed E-state index contributed by atoms with van der Waals surface area (Å²) in [6, 6.07) is 6.50. The van der Waals surface area contributed by atoms with Crippen LogP contribution in [-0.4, -0.2) is 13.1 Å². The average molecular weight is 253 g/mol. The molecule has 0 aliphatic carbocycles. The van der Waals surface area contributed by atoms with E-state index in [1.807, 2.05) is 0 Å². The van der Waals surface area contributed by atoms with Crippen molar-refractivity contribution in [1.82, 2.24) is 0 Å². The first kappa shape index (κ1) is 11.7. The molecule has 1 aromatic carbocycles. The molecule has 88 valence electrons. The van der Waals surface area contributed by atoms with E-state index in [4.69, 9.17) is 16.0 Å². The lowest BCUT2D eigenvalue weighted by atomic mass is 10.1. The zero-order valence-corrected chi connectivity index (χ0v) is 9.78. The molecule has 1 heterocycles. The van der Waals surface area contributed by atoms with Gasteiger partial charge in [-0.3, -0.25) is 4.79 Å². The van der Waals surface area contributed by atoms with Crippen LogP contribution in [0.4, 0.5) is 0 Å². The average Bonchev–Trinajstić information content (AvgIpc) is 2.30. The molecule has 17 heavy (non-hydrogen) atoms. The molecular formula is C12H9ClO4. The standard InChI is InChI=1S/C12H9ClO4/c1-16-11(14)6-8-4-7-5-9(13)2-3-10(7)17-12(8)15/h2-5H,6H2,1H3. The second kappa shape index (κ2) is 4.59. The summed E-state index contributed by atoms with van der Waals surface area (Å²) < 4.78 is 9.57. The minimum absolute atomic E-state index is 0.110. The van der Waals surface area contributed by atoms with E-state index in [0.29, 0.717) is 16.0 Å². The minimum Gasteiger partial charge on any atom is -0.469 e. The van der Waals surface area contributed by atoms with Gasteiger partial charge in [-0.15, -0.1) is 0 Å². The van der Waals surface area contributed by atoms with E-state index in [1.165, 1.54) is 7.11 Å². The lowest BCUT2D eigenvalue weighted by molar-refractivity contribution is -0.139. The van der Waals surface area contributed by atoms with Gasteiger partial charge in [0.25, 0.3) is 0 Å². The monoisotopic (exact) mass is 252 g/mol. The molecule has 4 nitrogen and oxygen atoms in total. The van der Waals surface area contributed by atoms with Crippen LogP contribution in [-0.2, 0) is 16.0 Å². The number of hydrogen-bond donors (Lipinski definition) is 0. The number of rotatable bonds is 2. The molecule has 0 amide bonds. The van der Waals surface area contributed by atoms with Crippen LogP contribution in [0.25, 0.3) is 11.0 Å². The van der Waals surface area contributed by atoms with E-state index in [-0.39, 0.29) is 12.0 Å². The highest BCUT2D eigenvalue weighted by Crippen LogP contribution is 2.18. The highest BCUT2D eigenvalue weighted by Gasteiger charge is 2.10. The molecule has 0 atom stereocenters. The van der Waals surface area contributed by atoms with Crippen LogP contribution in [0.1, 0.15) is 5.56 Å². The molecule has 0 unspecified atom stereocenters. The van der Waals surface area contributed by atoms with Crippen molar-refractivity contribution in [2.24, 2.45) is 0 Å². The summed E-state index contributed by atoms with van der Waals surface area (Å²) in [5.41, 5.74) is 0.157. The molecular weight excluding hydrogens is 244 g/mol. The predicted octanol–water partition coefficient (Wildman–Crippen LogP) is 2.16. The number of benzene rings is 1. The molecule has 0 N–H and O–H groups in total. The Hall–Kier alpha value is -1.81. The maximum Gasteiger partial charge on any atom is 0.340 e. The molecule has 0 aliphatic rings. The van der Waals surface area contributed by atoms with Crippen molar-refractivity contribution in [2.75, 3.05) is 7.11 Å². The molecule has 0 aliphatic heterocycles. The van der Waals surface area contributed by atoms with Crippen LogP contribution in [0.15, 0.2) is 33.5 Å². The Kier molecular flexibility index (Phi) is 3.15. The Labute approximate surface area is 102 Å². The third-order valence-corrected chi connectivity index (χ3v) is 2.56. The Morgan fingerprint density at radius 2 is 2.18 bits per heavy atom. The summed E-state index contributed by atoms with van der Waals surface area (Å²) in [4.78, 5) is 22.7. The van der Waals surface area contributed by atoms with Crippen molar-refractivity contribution >= 4 is 28.5 Å². The van der Waals surface area contributed by atoms with E-state index in [1.54, 1.807) is 24.3 Å². The third kappa shape index (κ3) is 2.47. The molecule has 0 bridgehead atoms. The Bertz CT molecular complexity index is 630. The summed E-state index contributed by atoms with van der Waals surface area (Å²) in [6.07, 6.45) is -0.110. The fourth-order valence-electron chi connectivity index (χ4n) is 1.49. The lowest BCUT2D eigenvalue weighted by Gasteiger charge is -2.01. The molecule has 0 radical (unpaired) electrons. The van der Waals surface area contributed by atoms with Crippen LogP contribution in [0.5, 0.6) is 0 Å². The topological polar surface area (TPSA) is 56.5 Å². The second-order valence-corrected chi connectivity index (χ2v) is 3.93. The zero-order chi connectivity index (χ0) is 12.4. The number of carbonyl (C=O) groups is 1. The predicted molar refractivity (Wildman–Crippen MR) is 63.2 cm³/mol. The second-order valence-electron chi connectivity index (χ2n) is 3.49. The summed E-state index contributed by atoms with van der Waals surface area (Å²) in [7, 11) is 1.27. The van der Waals surface area contributed by atoms with Gasteiger partial charge < -0.3 is 9.15 Å². The maximum atomic E-state index is 11.6. The molecule has 2 rings (SSSR count). The van der Waals surface area contributed by atoms with Gasteiger partial charge in [0.15, 0.2) is 0 Å². The highest BCUT2D eigenvalue weighted by molar-refractivity contribution is 6.31. The van der Waals surface area contributed by atoms with Gasteiger partial charge in [0.1, 0.15) is 5.58 Å². The molecule has 0 saturated carbocycles. The van der Waals surface area contributed by atoms with Crippen LogP contribution in [0, 0.1) is 0 Å².